The molecule has 2 aromatic carbocycles. The summed E-state index contributed by atoms with van der Waals surface area (Å²) in [5, 5.41) is 1.63. The van der Waals surface area contributed by atoms with E-state index in [4.69, 9.17) is 26.0 Å². The Morgan fingerprint density at radius 3 is 2.62 bits per heavy atom. The fraction of sp³-hybridized carbons (Fsp3) is 0.316. The number of nitrogen functional groups attached to an aromatic ring is 1. The van der Waals surface area contributed by atoms with Crippen LogP contribution < -0.4 is 16.6 Å². The molecule has 0 amide bonds. The number of nitrogens with zero attached hydrogens (tertiary/aromatic N) is 3. The molecule has 4 rings (SSSR count). The van der Waals surface area contributed by atoms with Crippen molar-refractivity contribution in [3.63, 3.8) is 0 Å². The predicted molar refractivity (Wildman–Crippen MR) is 101 cm³/mol. The maximum Gasteiger partial charge on any atom is 0.159 e. The molecule has 1 aliphatic heterocycles. The van der Waals surface area contributed by atoms with E-state index < -0.39 is 0 Å². The second kappa shape index (κ2) is 7.33. The summed E-state index contributed by atoms with van der Waals surface area (Å²) in [7, 11) is 0. The van der Waals surface area contributed by atoms with Crippen LogP contribution in [0.5, 0.6) is 0 Å². The first kappa shape index (κ1) is 16.8. The number of hydrogen-bond acceptors (Lipinski definition) is 6. The highest BCUT2D eigenvalue weighted by atomic mass is 16.7. The molecular formula is C19H23N5O2. The van der Waals surface area contributed by atoms with Crippen LogP contribution in [0.1, 0.15) is 12.2 Å². The van der Waals surface area contributed by atoms with Gasteiger partial charge in [0.1, 0.15) is 5.82 Å². The molecule has 26 heavy (non-hydrogen) atoms. The number of benzene rings is 2. The van der Waals surface area contributed by atoms with E-state index in [-0.39, 0.29) is 6.29 Å². The number of hydrazine groups is 1. The van der Waals surface area contributed by atoms with Crippen LogP contribution in [-0.4, -0.2) is 29.1 Å². The molecule has 4 N–H and O–H groups in total. The van der Waals surface area contributed by atoms with Crippen LogP contribution in [0.25, 0.3) is 11.0 Å². The van der Waals surface area contributed by atoms with Gasteiger partial charge in [0.25, 0.3) is 0 Å². The number of hydrogen-bond donors (Lipinski definition) is 2. The predicted octanol–water partition coefficient (Wildman–Crippen LogP) is 2.26. The van der Waals surface area contributed by atoms with Gasteiger partial charge >= 0.3 is 0 Å². The summed E-state index contributed by atoms with van der Waals surface area (Å²) >= 11 is 0. The molecular weight excluding hydrogens is 330 g/mol. The fourth-order valence-electron chi connectivity index (χ4n) is 3.29. The standard InChI is InChI=1S/C19H23N5O2/c20-14-5-1-3-7-16(14)24(21)13-18-22-15-6-2-4-8-17(15)23(18)10-9-19-25-11-12-26-19/h1-8,19H,9-13,20-21H2. The summed E-state index contributed by atoms with van der Waals surface area (Å²) in [6.45, 7) is 2.52. The monoisotopic (exact) mass is 353 g/mol. The Bertz CT molecular complexity index is 889. The number of aryl methyl sites for hydroxylation is 1. The van der Waals surface area contributed by atoms with Gasteiger partial charge in [0.15, 0.2) is 6.29 Å². The third-order valence-corrected chi connectivity index (χ3v) is 4.57. The summed E-state index contributed by atoms with van der Waals surface area (Å²) in [5.41, 5.74) is 9.51. The Morgan fingerprint density at radius 2 is 1.81 bits per heavy atom. The Hall–Kier alpha value is -2.61. The van der Waals surface area contributed by atoms with Crippen molar-refractivity contribution in [3.8, 4) is 0 Å². The minimum atomic E-state index is -0.150. The summed E-state index contributed by atoms with van der Waals surface area (Å²) in [5.74, 6) is 7.17. The highest BCUT2D eigenvalue weighted by Gasteiger charge is 2.19. The zero-order valence-corrected chi connectivity index (χ0v) is 14.5. The van der Waals surface area contributed by atoms with Crippen molar-refractivity contribution in [3.05, 3.63) is 54.4 Å². The Balaban J connectivity index is 1.60. The summed E-state index contributed by atoms with van der Waals surface area (Å²) in [4.78, 5) is 4.77. The minimum Gasteiger partial charge on any atom is -0.397 e. The molecule has 0 atom stereocenters. The molecule has 2 heterocycles. The van der Waals surface area contributed by atoms with Crippen molar-refractivity contribution in [2.24, 2.45) is 5.84 Å². The lowest BCUT2D eigenvalue weighted by molar-refractivity contribution is -0.0489. The second-order valence-electron chi connectivity index (χ2n) is 6.31. The minimum absolute atomic E-state index is 0.150. The molecule has 1 fully saturated rings. The molecule has 0 spiro atoms. The molecule has 0 radical (unpaired) electrons. The maximum atomic E-state index is 6.29. The molecule has 0 saturated carbocycles. The third-order valence-electron chi connectivity index (χ3n) is 4.57. The van der Waals surface area contributed by atoms with E-state index in [2.05, 4.69) is 10.6 Å². The topological polar surface area (TPSA) is 91.6 Å². The van der Waals surface area contributed by atoms with E-state index in [0.29, 0.717) is 25.4 Å². The third kappa shape index (κ3) is 3.37. The number of nitrogens with two attached hydrogens (primary N) is 2. The van der Waals surface area contributed by atoms with Gasteiger partial charge in [-0.25, -0.2) is 10.8 Å². The van der Waals surface area contributed by atoms with Gasteiger partial charge in [-0.1, -0.05) is 24.3 Å². The number of fused-ring (bicyclic) bond motifs is 1. The van der Waals surface area contributed by atoms with Crippen LogP contribution in [-0.2, 0) is 22.6 Å². The normalized spacial score (nSPS) is 15.0. The van der Waals surface area contributed by atoms with Gasteiger partial charge in [-0.3, -0.25) is 0 Å². The Labute approximate surface area is 152 Å². The van der Waals surface area contributed by atoms with Crippen LogP contribution in [0.2, 0.25) is 0 Å². The largest absolute Gasteiger partial charge is 0.397 e. The van der Waals surface area contributed by atoms with Gasteiger partial charge in [0, 0.05) is 13.0 Å². The maximum absolute atomic E-state index is 6.29. The first-order valence-corrected chi connectivity index (χ1v) is 8.76. The molecule has 0 aliphatic carbocycles. The average molecular weight is 353 g/mol. The molecule has 0 bridgehead atoms. The average Bonchev–Trinajstić information content (AvgIpc) is 3.27. The Kier molecular flexibility index (Phi) is 4.75. The van der Waals surface area contributed by atoms with E-state index >= 15 is 0 Å². The summed E-state index contributed by atoms with van der Waals surface area (Å²) < 4.78 is 13.3. The number of para-hydroxylation sites is 4. The SMILES string of the molecule is Nc1ccccc1N(N)Cc1nc2ccccc2n1CCC1OCCO1. The number of imidazole rings is 1. The van der Waals surface area contributed by atoms with Crippen LogP contribution in [0, 0.1) is 0 Å². The van der Waals surface area contributed by atoms with Gasteiger partial charge < -0.3 is 24.8 Å². The molecule has 3 aromatic rings. The fourth-order valence-corrected chi connectivity index (χ4v) is 3.29. The smallest absolute Gasteiger partial charge is 0.159 e. The van der Waals surface area contributed by atoms with Gasteiger partial charge in [-0.05, 0) is 24.3 Å². The molecule has 136 valence electrons. The second-order valence-corrected chi connectivity index (χ2v) is 6.31. The van der Waals surface area contributed by atoms with Crippen molar-refractivity contribution in [2.75, 3.05) is 24.0 Å². The van der Waals surface area contributed by atoms with E-state index in [1.165, 1.54) is 0 Å². The van der Waals surface area contributed by atoms with Crippen LogP contribution in [0.3, 0.4) is 0 Å². The van der Waals surface area contributed by atoms with E-state index in [1.54, 1.807) is 5.01 Å². The number of rotatable bonds is 6. The molecule has 1 saturated heterocycles. The van der Waals surface area contributed by atoms with Gasteiger partial charge in [0.2, 0.25) is 0 Å². The van der Waals surface area contributed by atoms with Crippen molar-refractivity contribution in [2.45, 2.75) is 25.8 Å². The Morgan fingerprint density at radius 1 is 1.08 bits per heavy atom. The number of anilines is 2. The molecule has 0 unspecified atom stereocenters. The summed E-state index contributed by atoms with van der Waals surface area (Å²) in [6.07, 6.45) is 0.619. The lowest BCUT2D eigenvalue weighted by Gasteiger charge is -2.21. The molecule has 1 aliphatic rings. The van der Waals surface area contributed by atoms with Crippen LogP contribution in [0.15, 0.2) is 48.5 Å². The van der Waals surface area contributed by atoms with Gasteiger partial charge in [-0.15, -0.1) is 0 Å². The zero-order chi connectivity index (χ0) is 17.9. The number of aromatic nitrogens is 2. The number of ether oxygens (including phenoxy) is 2. The van der Waals surface area contributed by atoms with Crippen molar-refractivity contribution in [1.82, 2.24) is 9.55 Å². The molecule has 7 heteroatoms. The van der Waals surface area contributed by atoms with Crippen molar-refractivity contribution >= 4 is 22.4 Å². The van der Waals surface area contributed by atoms with E-state index in [1.807, 2.05) is 42.5 Å². The van der Waals surface area contributed by atoms with E-state index in [0.717, 1.165) is 35.5 Å². The quantitative estimate of drug-likeness (QED) is 0.401. The first-order valence-electron chi connectivity index (χ1n) is 8.76. The van der Waals surface area contributed by atoms with Crippen LogP contribution in [0.4, 0.5) is 11.4 Å². The lowest BCUT2D eigenvalue weighted by atomic mass is 10.2. The van der Waals surface area contributed by atoms with E-state index in [9.17, 15) is 0 Å². The van der Waals surface area contributed by atoms with Crippen LogP contribution >= 0.6 is 0 Å². The lowest BCUT2D eigenvalue weighted by Crippen LogP contribution is -2.32. The molecule has 1 aromatic heterocycles. The first-order chi connectivity index (χ1) is 12.7. The van der Waals surface area contributed by atoms with Gasteiger partial charge in [-0.2, -0.15) is 0 Å². The van der Waals surface area contributed by atoms with Gasteiger partial charge in [0.05, 0.1) is 42.2 Å². The van der Waals surface area contributed by atoms with Crippen molar-refractivity contribution < 1.29 is 9.47 Å². The highest BCUT2D eigenvalue weighted by Crippen LogP contribution is 2.24. The highest BCUT2D eigenvalue weighted by molar-refractivity contribution is 5.76. The zero-order valence-electron chi connectivity index (χ0n) is 14.5. The summed E-state index contributed by atoms with van der Waals surface area (Å²) in [6, 6.07) is 15.6. The molecule has 7 nitrogen and oxygen atoms in total. The van der Waals surface area contributed by atoms with Crippen molar-refractivity contribution in [1.29, 1.82) is 0 Å².